The van der Waals surface area contributed by atoms with Gasteiger partial charge in [0.1, 0.15) is 0 Å². The highest BCUT2D eigenvalue weighted by molar-refractivity contribution is 8.76. The third-order valence-electron chi connectivity index (χ3n) is 6.26. The van der Waals surface area contributed by atoms with E-state index in [0.29, 0.717) is 0 Å². The van der Waals surface area contributed by atoms with Gasteiger partial charge in [-0.15, -0.1) is 0 Å². The highest BCUT2D eigenvalue weighted by Crippen LogP contribution is 2.24. The lowest BCUT2D eigenvalue weighted by atomic mass is 10.1. The predicted molar refractivity (Wildman–Crippen MR) is 197 cm³/mol. The Morgan fingerprint density at radius 3 is 1.33 bits per heavy atom. The van der Waals surface area contributed by atoms with E-state index in [1.807, 2.05) is 72.2 Å². The summed E-state index contributed by atoms with van der Waals surface area (Å²) in [5.74, 6) is 2.16. The molecule has 0 aromatic heterocycles. The zero-order valence-electron chi connectivity index (χ0n) is 26.0. The van der Waals surface area contributed by atoms with Crippen LogP contribution in [0.15, 0.2) is 118 Å². The van der Waals surface area contributed by atoms with Crippen molar-refractivity contribution in [3.8, 4) is 0 Å². The third kappa shape index (κ3) is 13.9. The average molecular weight is 599 g/mol. The lowest BCUT2D eigenvalue weighted by Crippen LogP contribution is -2.21. The van der Waals surface area contributed by atoms with Crippen LogP contribution in [-0.4, -0.2) is 65.2 Å². The van der Waals surface area contributed by atoms with Gasteiger partial charge >= 0.3 is 0 Å². The van der Waals surface area contributed by atoms with E-state index in [9.17, 15) is 0 Å². The molecule has 0 N–H and O–H groups in total. The van der Waals surface area contributed by atoms with Crippen molar-refractivity contribution >= 4 is 57.5 Å². The molecule has 0 saturated carbocycles. The summed E-state index contributed by atoms with van der Waals surface area (Å²) in [6.45, 7) is 6.07. The quantitative estimate of drug-likeness (QED) is 0.0787. The number of hydrogen-bond acceptors (Lipinski definition) is 6. The van der Waals surface area contributed by atoms with E-state index in [-0.39, 0.29) is 0 Å². The molecule has 0 spiro atoms. The minimum atomic E-state index is 1.01. The molecular weight excluding hydrogens is 553 g/mol. The van der Waals surface area contributed by atoms with Gasteiger partial charge in [0.2, 0.25) is 0 Å². The van der Waals surface area contributed by atoms with Gasteiger partial charge < -0.3 is 9.80 Å². The van der Waals surface area contributed by atoms with Crippen LogP contribution in [-0.2, 0) is 0 Å². The Morgan fingerprint density at radius 2 is 1.00 bits per heavy atom. The van der Waals surface area contributed by atoms with Crippen LogP contribution < -0.4 is 9.80 Å². The predicted octanol–water partition coefficient (Wildman–Crippen LogP) is 9.07. The first-order valence-electron chi connectivity index (χ1n) is 14.2. The lowest BCUT2D eigenvalue weighted by molar-refractivity contribution is 0.977. The second-order valence-electron chi connectivity index (χ2n) is 9.48. The fraction of sp³-hybridized carbons (Fsp3) is 0.278. The van der Waals surface area contributed by atoms with Crippen LogP contribution in [0, 0.1) is 0 Å². The molecule has 42 heavy (non-hydrogen) atoms. The second-order valence-corrected chi connectivity index (χ2v) is 12.2. The normalized spacial score (nSPS) is 13.3. The standard InChI is InChI=1S/C36H46N4S2/c1-7-9-31(23-25-37-3)11-13-33-15-19-35(20-16-33)39(5)27-29-41-42-30-28-40(6)36-21-17-34(18-22-36)14-12-32(10-8-2)24-26-38-4/h7-26H,27-30H2,1-6H3/b9-7-,10-8-,13-11+,14-12+,31-23+,32-24+,37-25?,38-26?. The number of anilines is 2. The molecule has 4 nitrogen and oxygen atoms in total. The molecule has 0 aliphatic heterocycles. The molecule has 0 aliphatic carbocycles. The van der Waals surface area contributed by atoms with Crippen LogP contribution in [0.2, 0.25) is 0 Å². The van der Waals surface area contributed by atoms with Crippen molar-refractivity contribution in [2.75, 3.05) is 62.6 Å². The molecule has 0 heterocycles. The van der Waals surface area contributed by atoms with Crippen molar-refractivity contribution in [1.82, 2.24) is 0 Å². The number of benzene rings is 2. The van der Waals surface area contributed by atoms with Crippen molar-refractivity contribution in [2.45, 2.75) is 13.8 Å². The van der Waals surface area contributed by atoms with E-state index in [4.69, 9.17) is 0 Å². The zero-order valence-corrected chi connectivity index (χ0v) is 27.6. The van der Waals surface area contributed by atoms with Gasteiger partial charge in [0.25, 0.3) is 0 Å². The monoisotopic (exact) mass is 598 g/mol. The third-order valence-corrected chi connectivity index (χ3v) is 8.62. The molecule has 0 fully saturated rings. The number of hydrogen-bond donors (Lipinski definition) is 0. The highest BCUT2D eigenvalue weighted by Gasteiger charge is 2.03. The first-order chi connectivity index (χ1) is 20.5. The van der Waals surface area contributed by atoms with Gasteiger partial charge in [-0.1, -0.05) is 94.5 Å². The number of rotatable bonds is 17. The molecule has 0 saturated heterocycles. The molecule has 0 aliphatic rings. The Balaban J connectivity index is 1.73. The maximum atomic E-state index is 4.04. The van der Waals surface area contributed by atoms with E-state index in [1.165, 1.54) is 22.5 Å². The van der Waals surface area contributed by atoms with E-state index < -0.39 is 0 Å². The maximum Gasteiger partial charge on any atom is 0.0364 e. The van der Waals surface area contributed by atoms with E-state index in [0.717, 1.165) is 35.7 Å². The Labute approximate surface area is 262 Å². The number of nitrogens with zero attached hydrogens (tertiary/aromatic N) is 4. The largest absolute Gasteiger partial charge is 0.374 e. The Bertz CT molecular complexity index is 1180. The van der Waals surface area contributed by atoms with Gasteiger partial charge in [-0.25, -0.2) is 0 Å². The summed E-state index contributed by atoms with van der Waals surface area (Å²) < 4.78 is 0. The summed E-state index contributed by atoms with van der Waals surface area (Å²) in [5, 5.41) is 0. The first kappa shape index (κ1) is 34.7. The molecule has 222 valence electrons. The summed E-state index contributed by atoms with van der Waals surface area (Å²) in [7, 11) is 11.8. The van der Waals surface area contributed by atoms with Crippen molar-refractivity contribution < 1.29 is 0 Å². The number of allylic oxidation sites excluding steroid dienone is 10. The van der Waals surface area contributed by atoms with Crippen LogP contribution >= 0.6 is 21.6 Å². The highest BCUT2D eigenvalue weighted by atomic mass is 33.1. The van der Waals surface area contributed by atoms with Crippen LogP contribution in [0.5, 0.6) is 0 Å². The molecule has 2 aromatic rings. The van der Waals surface area contributed by atoms with Crippen LogP contribution in [0.3, 0.4) is 0 Å². The average Bonchev–Trinajstić information content (AvgIpc) is 3.01. The van der Waals surface area contributed by atoms with Crippen LogP contribution in [0.4, 0.5) is 11.4 Å². The molecule has 0 radical (unpaired) electrons. The topological polar surface area (TPSA) is 31.2 Å². The molecule has 0 unspecified atom stereocenters. The lowest BCUT2D eigenvalue weighted by Gasteiger charge is -2.20. The fourth-order valence-electron chi connectivity index (χ4n) is 3.83. The molecule has 2 aromatic carbocycles. The SMILES string of the molecule is C\C=C/C(/C=C/c1ccc(N(C)CCSSCCN(C)c2ccc(/C=C/C(/C=C\C)=C/C=NC)cc2)cc1)=C\C=NC. The summed E-state index contributed by atoms with van der Waals surface area (Å²) in [6, 6.07) is 17.5. The molecule has 0 bridgehead atoms. The molecule has 0 atom stereocenters. The van der Waals surface area contributed by atoms with Gasteiger partial charge in [-0.3, -0.25) is 9.98 Å². The Morgan fingerprint density at radius 1 is 0.619 bits per heavy atom. The van der Waals surface area contributed by atoms with Crippen LogP contribution in [0.25, 0.3) is 12.2 Å². The fourth-order valence-corrected chi connectivity index (χ4v) is 5.92. The molecule has 0 amide bonds. The van der Waals surface area contributed by atoms with E-state index >= 15 is 0 Å². The smallest absolute Gasteiger partial charge is 0.0364 e. The van der Waals surface area contributed by atoms with Gasteiger partial charge in [0.15, 0.2) is 0 Å². The Kier molecular flexibility index (Phi) is 17.6. The van der Waals surface area contributed by atoms with Gasteiger partial charge in [-0.2, -0.15) is 0 Å². The number of aliphatic imine (C=N–C) groups is 2. The molecular formula is C36H46N4S2. The minimum Gasteiger partial charge on any atom is -0.374 e. The first-order valence-corrected chi connectivity index (χ1v) is 16.7. The summed E-state index contributed by atoms with van der Waals surface area (Å²) in [4.78, 5) is 12.7. The molecule has 2 rings (SSSR count). The second kappa shape index (κ2) is 21.3. The summed E-state index contributed by atoms with van der Waals surface area (Å²) >= 11 is 0. The molecule has 6 heteroatoms. The summed E-state index contributed by atoms with van der Waals surface area (Å²) in [5.41, 5.74) is 7.09. The van der Waals surface area contributed by atoms with Gasteiger partial charge in [-0.05, 0) is 72.5 Å². The van der Waals surface area contributed by atoms with Crippen molar-refractivity contribution in [2.24, 2.45) is 9.98 Å². The van der Waals surface area contributed by atoms with Gasteiger partial charge in [0, 0.05) is 76.6 Å². The van der Waals surface area contributed by atoms with Crippen molar-refractivity contribution in [1.29, 1.82) is 0 Å². The van der Waals surface area contributed by atoms with Crippen molar-refractivity contribution in [3.05, 3.63) is 119 Å². The zero-order chi connectivity index (χ0) is 30.4. The maximum absolute atomic E-state index is 4.04. The summed E-state index contributed by atoms with van der Waals surface area (Å²) in [6.07, 6.45) is 24.4. The minimum absolute atomic E-state index is 1.01. The van der Waals surface area contributed by atoms with Crippen LogP contribution in [0.1, 0.15) is 25.0 Å². The van der Waals surface area contributed by atoms with Gasteiger partial charge in [0.05, 0.1) is 0 Å². The van der Waals surface area contributed by atoms with E-state index in [1.54, 1.807) is 14.1 Å². The Hall–Kier alpha value is -3.48. The van der Waals surface area contributed by atoms with Crippen molar-refractivity contribution in [3.63, 3.8) is 0 Å². The van der Waals surface area contributed by atoms with E-state index in [2.05, 4.69) is 119 Å².